The lowest BCUT2D eigenvalue weighted by molar-refractivity contribution is 0.0864. The van der Waals surface area contributed by atoms with Crippen LogP contribution in [0.5, 0.6) is 0 Å². The quantitative estimate of drug-likeness (QED) is 0.825. The van der Waals surface area contributed by atoms with Crippen LogP contribution in [0.25, 0.3) is 0 Å². The van der Waals surface area contributed by atoms with Gasteiger partial charge in [0.1, 0.15) is 0 Å². The number of nitrogens with one attached hydrogen (secondary N) is 1. The summed E-state index contributed by atoms with van der Waals surface area (Å²) in [7, 11) is 4.51. The van der Waals surface area contributed by atoms with E-state index >= 15 is 0 Å². The minimum atomic E-state index is 0.782. The Morgan fingerprint density at radius 3 is 2.33 bits per heavy atom. The van der Waals surface area contributed by atoms with Crippen molar-refractivity contribution in [2.24, 2.45) is 5.92 Å². The maximum Gasteiger partial charge on any atom is 0.00977 e. The Labute approximate surface area is 114 Å². The zero-order chi connectivity index (χ0) is 13.0. The average Bonchev–Trinajstić information content (AvgIpc) is 2.46. The first-order valence-electron chi connectivity index (χ1n) is 8.13. The Hall–Kier alpha value is -0.0800. The molecule has 0 aromatic carbocycles. The summed E-state index contributed by atoms with van der Waals surface area (Å²) < 4.78 is 0. The lowest BCUT2D eigenvalue weighted by Crippen LogP contribution is -2.46. The van der Waals surface area contributed by atoms with Crippen molar-refractivity contribution in [1.29, 1.82) is 0 Å². The first-order chi connectivity index (χ1) is 8.74. The summed E-state index contributed by atoms with van der Waals surface area (Å²) in [5.74, 6) is 1.000. The zero-order valence-electron chi connectivity index (χ0n) is 12.6. The normalized spacial score (nSPS) is 38.0. The molecule has 2 heteroatoms. The third-order valence-electron chi connectivity index (χ3n) is 5.59. The van der Waals surface area contributed by atoms with Crippen LogP contribution in [0.15, 0.2) is 0 Å². The second-order valence-electron chi connectivity index (χ2n) is 6.55. The van der Waals surface area contributed by atoms with Crippen molar-refractivity contribution in [3.63, 3.8) is 0 Å². The zero-order valence-corrected chi connectivity index (χ0v) is 12.6. The maximum absolute atomic E-state index is 3.44. The Morgan fingerprint density at radius 1 is 1.00 bits per heavy atom. The van der Waals surface area contributed by atoms with Crippen molar-refractivity contribution in [2.45, 2.75) is 82.8 Å². The molecule has 0 heterocycles. The highest BCUT2D eigenvalue weighted by Gasteiger charge is 2.30. The van der Waals surface area contributed by atoms with Crippen LogP contribution in [0, 0.1) is 5.92 Å². The van der Waals surface area contributed by atoms with Gasteiger partial charge in [0.15, 0.2) is 0 Å². The summed E-state index contributed by atoms with van der Waals surface area (Å²) in [6.45, 7) is 2.37. The molecule has 0 aromatic rings. The van der Waals surface area contributed by atoms with Gasteiger partial charge in [0.05, 0.1) is 0 Å². The standard InChI is InChI=1S/C16H32N2/c1-4-13-6-5-7-16(12-13)18(3)15-10-8-14(17-2)9-11-15/h13-17H,4-12H2,1-3H3. The second kappa shape index (κ2) is 6.91. The van der Waals surface area contributed by atoms with Crippen LogP contribution in [0.4, 0.5) is 0 Å². The van der Waals surface area contributed by atoms with E-state index in [1.54, 1.807) is 0 Å². The fourth-order valence-electron chi connectivity index (χ4n) is 4.07. The molecule has 18 heavy (non-hydrogen) atoms. The predicted molar refractivity (Wildman–Crippen MR) is 78.9 cm³/mol. The highest BCUT2D eigenvalue weighted by Crippen LogP contribution is 2.32. The maximum atomic E-state index is 3.44. The number of hydrogen-bond donors (Lipinski definition) is 1. The van der Waals surface area contributed by atoms with Gasteiger partial charge in [0.25, 0.3) is 0 Å². The van der Waals surface area contributed by atoms with Gasteiger partial charge in [-0.1, -0.05) is 26.2 Å². The smallest absolute Gasteiger partial charge is 0.00977 e. The molecule has 2 nitrogen and oxygen atoms in total. The molecule has 2 unspecified atom stereocenters. The molecule has 2 aliphatic rings. The summed E-state index contributed by atoms with van der Waals surface area (Å²) >= 11 is 0. The van der Waals surface area contributed by atoms with Gasteiger partial charge in [-0.15, -0.1) is 0 Å². The minimum absolute atomic E-state index is 0.782. The Balaban J connectivity index is 1.81. The van der Waals surface area contributed by atoms with Crippen molar-refractivity contribution >= 4 is 0 Å². The highest BCUT2D eigenvalue weighted by atomic mass is 15.2. The topological polar surface area (TPSA) is 15.3 Å². The average molecular weight is 252 g/mol. The van der Waals surface area contributed by atoms with Crippen LogP contribution >= 0.6 is 0 Å². The summed E-state index contributed by atoms with van der Waals surface area (Å²) in [5, 5.41) is 3.44. The molecule has 1 N–H and O–H groups in total. The third-order valence-corrected chi connectivity index (χ3v) is 5.59. The first kappa shape index (κ1) is 14.3. The molecule has 2 fully saturated rings. The van der Waals surface area contributed by atoms with E-state index in [0.29, 0.717) is 0 Å². The summed E-state index contributed by atoms with van der Waals surface area (Å²) in [5.41, 5.74) is 0. The van der Waals surface area contributed by atoms with E-state index < -0.39 is 0 Å². The molecule has 0 spiro atoms. The Kier molecular flexibility index (Phi) is 5.50. The molecule has 0 aromatic heterocycles. The molecule has 2 atom stereocenters. The second-order valence-corrected chi connectivity index (χ2v) is 6.55. The van der Waals surface area contributed by atoms with Crippen LogP contribution in [-0.2, 0) is 0 Å². The minimum Gasteiger partial charge on any atom is -0.317 e. The number of hydrogen-bond acceptors (Lipinski definition) is 2. The highest BCUT2D eigenvalue weighted by molar-refractivity contribution is 4.86. The van der Waals surface area contributed by atoms with E-state index in [4.69, 9.17) is 0 Å². The van der Waals surface area contributed by atoms with Crippen molar-refractivity contribution < 1.29 is 0 Å². The molecule has 0 radical (unpaired) electrons. The van der Waals surface area contributed by atoms with Crippen molar-refractivity contribution in [3.05, 3.63) is 0 Å². The van der Waals surface area contributed by atoms with Gasteiger partial charge >= 0.3 is 0 Å². The lowest BCUT2D eigenvalue weighted by atomic mass is 9.82. The van der Waals surface area contributed by atoms with Gasteiger partial charge in [0.2, 0.25) is 0 Å². The van der Waals surface area contributed by atoms with Crippen LogP contribution in [0.1, 0.15) is 64.7 Å². The van der Waals surface area contributed by atoms with Gasteiger partial charge in [-0.3, -0.25) is 0 Å². The lowest BCUT2D eigenvalue weighted by Gasteiger charge is -2.42. The van der Waals surface area contributed by atoms with Gasteiger partial charge in [-0.05, 0) is 58.5 Å². The Morgan fingerprint density at radius 2 is 1.72 bits per heavy atom. The fraction of sp³-hybridized carbons (Fsp3) is 1.00. The van der Waals surface area contributed by atoms with Gasteiger partial charge in [-0.2, -0.15) is 0 Å². The van der Waals surface area contributed by atoms with Crippen LogP contribution in [0.2, 0.25) is 0 Å². The molecule has 0 bridgehead atoms. The van der Waals surface area contributed by atoms with Gasteiger partial charge in [0, 0.05) is 18.1 Å². The SMILES string of the molecule is CCC1CCCC(N(C)C2CCC(NC)CC2)C1. The summed E-state index contributed by atoms with van der Waals surface area (Å²) in [6.07, 6.45) is 12.8. The van der Waals surface area contributed by atoms with Crippen molar-refractivity contribution in [2.75, 3.05) is 14.1 Å². The molecule has 106 valence electrons. The third kappa shape index (κ3) is 3.48. The molecule has 2 aliphatic carbocycles. The molecule has 0 aliphatic heterocycles. The Bertz CT molecular complexity index is 233. The number of nitrogens with zero attached hydrogens (tertiary/aromatic N) is 1. The molecular weight excluding hydrogens is 220 g/mol. The molecule has 2 rings (SSSR count). The van der Waals surface area contributed by atoms with E-state index in [0.717, 1.165) is 24.0 Å². The van der Waals surface area contributed by atoms with E-state index in [-0.39, 0.29) is 0 Å². The van der Waals surface area contributed by atoms with Crippen molar-refractivity contribution in [1.82, 2.24) is 10.2 Å². The largest absolute Gasteiger partial charge is 0.317 e. The van der Waals surface area contributed by atoms with Gasteiger partial charge in [-0.25, -0.2) is 0 Å². The summed E-state index contributed by atoms with van der Waals surface area (Å²) in [6, 6.07) is 2.51. The van der Waals surface area contributed by atoms with E-state index in [9.17, 15) is 0 Å². The van der Waals surface area contributed by atoms with E-state index in [1.807, 2.05) is 0 Å². The monoisotopic (exact) mass is 252 g/mol. The first-order valence-corrected chi connectivity index (χ1v) is 8.13. The van der Waals surface area contributed by atoms with E-state index in [2.05, 4.69) is 31.2 Å². The molecule has 0 saturated heterocycles. The number of rotatable bonds is 4. The molecular formula is C16H32N2. The van der Waals surface area contributed by atoms with Crippen molar-refractivity contribution in [3.8, 4) is 0 Å². The van der Waals surface area contributed by atoms with Crippen LogP contribution < -0.4 is 5.32 Å². The van der Waals surface area contributed by atoms with Crippen LogP contribution in [0.3, 0.4) is 0 Å². The summed E-state index contributed by atoms with van der Waals surface area (Å²) in [4.78, 5) is 2.74. The predicted octanol–water partition coefficient (Wildman–Crippen LogP) is 3.42. The fourth-order valence-corrected chi connectivity index (χ4v) is 4.07. The molecule has 0 amide bonds. The molecule has 2 saturated carbocycles. The van der Waals surface area contributed by atoms with E-state index in [1.165, 1.54) is 57.8 Å². The van der Waals surface area contributed by atoms with Gasteiger partial charge < -0.3 is 10.2 Å². The van der Waals surface area contributed by atoms with Crippen LogP contribution in [-0.4, -0.2) is 37.1 Å².